The maximum atomic E-state index is 12.2. The number of nitrogens with zero attached hydrogens (tertiary/aromatic N) is 2. The molecule has 0 aliphatic carbocycles. The van der Waals surface area contributed by atoms with Gasteiger partial charge >= 0.3 is 0 Å². The average molecular weight is 306 g/mol. The van der Waals surface area contributed by atoms with Crippen LogP contribution in [0.1, 0.15) is 27.4 Å². The Kier molecular flexibility index (Phi) is 5.28. The van der Waals surface area contributed by atoms with Crippen molar-refractivity contribution in [3.05, 3.63) is 25.9 Å². The fraction of sp³-hybridized carbons (Fsp3) is 0.545. The van der Waals surface area contributed by atoms with Gasteiger partial charge in [-0.25, -0.2) is 0 Å². The molecule has 1 atom stereocenters. The molecule has 106 valence electrons. The molecule has 0 saturated carbocycles. The molecule has 2 N–H and O–H groups in total. The van der Waals surface area contributed by atoms with Gasteiger partial charge in [-0.3, -0.25) is 14.9 Å². The Morgan fingerprint density at radius 1 is 1.63 bits per heavy atom. The van der Waals surface area contributed by atoms with Gasteiger partial charge in [0.25, 0.3) is 11.6 Å². The monoisotopic (exact) mass is 305 g/mol. The van der Waals surface area contributed by atoms with E-state index >= 15 is 0 Å². The van der Waals surface area contributed by atoms with Gasteiger partial charge in [0, 0.05) is 25.2 Å². The normalized spacial score (nSPS) is 18.8. The number of aryl methyl sites for hydroxylation is 1. The number of carbonyl (C=O) groups is 1. The van der Waals surface area contributed by atoms with Crippen molar-refractivity contribution in [3.63, 3.8) is 0 Å². The Hall–Kier alpha value is -1.18. The van der Waals surface area contributed by atoms with Crippen molar-refractivity contribution in [1.82, 2.24) is 4.90 Å². The molecule has 1 aliphatic heterocycles. The van der Waals surface area contributed by atoms with Crippen LogP contribution in [0.25, 0.3) is 0 Å². The molecule has 1 unspecified atom stereocenters. The first-order valence-electron chi connectivity index (χ1n) is 5.78. The number of halogens is 1. The van der Waals surface area contributed by atoms with Crippen molar-refractivity contribution in [3.8, 4) is 0 Å². The average Bonchev–Trinajstić information content (AvgIpc) is 2.70. The van der Waals surface area contributed by atoms with Crippen LogP contribution in [0.3, 0.4) is 0 Å². The number of hydrogen-bond acceptors (Lipinski definition) is 5. The van der Waals surface area contributed by atoms with E-state index in [4.69, 9.17) is 5.73 Å². The maximum Gasteiger partial charge on any atom is 0.283 e. The van der Waals surface area contributed by atoms with Crippen molar-refractivity contribution in [2.24, 2.45) is 5.73 Å². The van der Waals surface area contributed by atoms with E-state index in [1.165, 1.54) is 17.4 Å². The van der Waals surface area contributed by atoms with Gasteiger partial charge in [0.05, 0.1) is 14.7 Å². The van der Waals surface area contributed by atoms with Crippen LogP contribution in [0.4, 0.5) is 5.69 Å². The lowest BCUT2D eigenvalue weighted by atomic mass is 10.1. The van der Waals surface area contributed by atoms with Crippen LogP contribution in [0.5, 0.6) is 0 Å². The lowest BCUT2D eigenvalue weighted by molar-refractivity contribution is -0.385. The number of carbonyl (C=O) groups excluding carboxylic acids is 1. The van der Waals surface area contributed by atoms with Crippen LogP contribution in [-0.4, -0.2) is 34.9 Å². The summed E-state index contributed by atoms with van der Waals surface area (Å²) in [5.74, 6) is -0.147. The first-order valence-corrected chi connectivity index (χ1v) is 6.60. The molecule has 0 aromatic carbocycles. The zero-order valence-electron chi connectivity index (χ0n) is 10.5. The van der Waals surface area contributed by atoms with E-state index in [9.17, 15) is 14.9 Å². The van der Waals surface area contributed by atoms with Crippen LogP contribution in [0, 0.1) is 17.0 Å². The zero-order valence-corrected chi connectivity index (χ0v) is 12.1. The lowest BCUT2D eigenvalue weighted by Gasteiger charge is -2.30. The van der Waals surface area contributed by atoms with Gasteiger partial charge in [-0.2, -0.15) is 0 Å². The van der Waals surface area contributed by atoms with Crippen LogP contribution < -0.4 is 5.73 Å². The number of piperidine rings is 1. The fourth-order valence-corrected chi connectivity index (χ4v) is 3.06. The largest absolute Gasteiger partial charge is 0.336 e. The zero-order chi connectivity index (χ0) is 13.3. The number of hydrogen-bond donors (Lipinski definition) is 1. The summed E-state index contributed by atoms with van der Waals surface area (Å²) in [6.07, 6.45) is 1.81. The first-order chi connectivity index (χ1) is 8.49. The van der Waals surface area contributed by atoms with E-state index in [1.54, 1.807) is 11.8 Å². The number of nitrogens with two attached hydrogens (primary N) is 1. The summed E-state index contributed by atoms with van der Waals surface area (Å²) in [7, 11) is 0. The van der Waals surface area contributed by atoms with Gasteiger partial charge in [0.1, 0.15) is 0 Å². The molecule has 1 aromatic heterocycles. The molecule has 2 heterocycles. The van der Waals surface area contributed by atoms with Crippen LogP contribution in [0.15, 0.2) is 6.07 Å². The highest BCUT2D eigenvalue weighted by Crippen LogP contribution is 2.29. The summed E-state index contributed by atoms with van der Waals surface area (Å²) in [5, 5.41) is 10.8. The van der Waals surface area contributed by atoms with Gasteiger partial charge in [-0.1, -0.05) is 0 Å². The van der Waals surface area contributed by atoms with E-state index in [0.29, 0.717) is 22.8 Å². The predicted octanol–water partition coefficient (Wildman–Crippen LogP) is 1.95. The van der Waals surface area contributed by atoms with E-state index in [1.807, 2.05) is 0 Å². The highest BCUT2D eigenvalue weighted by Gasteiger charge is 2.26. The number of thiophene rings is 1. The van der Waals surface area contributed by atoms with E-state index < -0.39 is 4.92 Å². The highest BCUT2D eigenvalue weighted by atomic mass is 35.5. The second-order valence-corrected chi connectivity index (χ2v) is 5.72. The fourth-order valence-electron chi connectivity index (χ4n) is 2.11. The van der Waals surface area contributed by atoms with E-state index in [-0.39, 0.29) is 30.0 Å². The molecule has 1 amide bonds. The van der Waals surface area contributed by atoms with E-state index in [2.05, 4.69) is 0 Å². The Morgan fingerprint density at radius 3 is 2.84 bits per heavy atom. The molecule has 0 radical (unpaired) electrons. The second-order valence-electron chi connectivity index (χ2n) is 4.46. The summed E-state index contributed by atoms with van der Waals surface area (Å²) < 4.78 is 0. The molecule has 0 bridgehead atoms. The van der Waals surface area contributed by atoms with Gasteiger partial charge in [-0.15, -0.1) is 23.7 Å². The molecular formula is C11H16ClN3O3S. The third-order valence-electron chi connectivity index (χ3n) is 3.04. The first kappa shape index (κ1) is 15.9. The van der Waals surface area contributed by atoms with Crippen molar-refractivity contribution in [1.29, 1.82) is 0 Å². The Morgan fingerprint density at radius 2 is 2.32 bits per heavy atom. The number of rotatable bonds is 2. The SMILES string of the molecule is Cc1sc(C(=O)N2CCCC(N)C2)cc1[N+](=O)[O-].Cl. The van der Waals surface area contributed by atoms with Gasteiger partial charge < -0.3 is 10.6 Å². The summed E-state index contributed by atoms with van der Waals surface area (Å²) >= 11 is 1.17. The summed E-state index contributed by atoms with van der Waals surface area (Å²) in [6, 6.07) is 1.38. The lowest BCUT2D eigenvalue weighted by Crippen LogP contribution is -2.45. The van der Waals surface area contributed by atoms with Crippen LogP contribution in [0.2, 0.25) is 0 Å². The number of likely N-dealkylation sites (tertiary alicyclic amines) is 1. The Bertz CT molecular complexity index is 492. The molecule has 1 aliphatic rings. The summed E-state index contributed by atoms with van der Waals surface area (Å²) in [5.41, 5.74) is 5.84. The van der Waals surface area contributed by atoms with Gasteiger partial charge in [-0.05, 0) is 19.8 Å². The number of amides is 1. The van der Waals surface area contributed by atoms with Gasteiger partial charge in [0.15, 0.2) is 0 Å². The van der Waals surface area contributed by atoms with Crippen molar-refractivity contribution in [2.45, 2.75) is 25.8 Å². The maximum absolute atomic E-state index is 12.2. The highest BCUT2D eigenvalue weighted by molar-refractivity contribution is 7.14. The summed E-state index contributed by atoms with van der Waals surface area (Å²) in [6.45, 7) is 2.86. The minimum Gasteiger partial charge on any atom is -0.336 e. The second kappa shape index (κ2) is 6.31. The van der Waals surface area contributed by atoms with E-state index in [0.717, 1.165) is 12.8 Å². The molecule has 1 saturated heterocycles. The summed E-state index contributed by atoms with van der Waals surface area (Å²) in [4.78, 5) is 25.2. The van der Waals surface area contributed by atoms with Crippen LogP contribution >= 0.6 is 23.7 Å². The molecule has 2 rings (SSSR count). The Labute approximate surface area is 121 Å². The minimum absolute atomic E-state index is 0. The smallest absolute Gasteiger partial charge is 0.283 e. The van der Waals surface area contributed by atoms with Gasteiger partial charge in [0.2, 0.25) is 0 Å². The third kappa shape index (κ3) is 3.43. The molecular weight excluding hydrogens is 290 g/mol. The predicted molar refractivity (Wildman–Crippen MR) is 76.1 cm³/mol. The minimum atomic E-state index is -0.454. The topological polar surface area (TPSA) is 89.5 Å². The molecule has 1 fully saturated rings. The van der Waals surface area contributed by atoms with Crippen LogP contribution in [-0.2, 0) is 0 Å². The van der Waals surface area contributed by atoms with Crippen molar-refractivity contribution in [2.75, 3.05) is 13.1 Å². The standard InChI is InChI=1S/C11H15N3O3S.ClH/c1-7-9(14(16)17)5-10(18-7)11(15)13-4-2-3-8(12)6-13;/h5,8H,2-4,6,12H2,1H3;1H. The molecule has 19 heavy (non-hydrogen) atoms. The van der Waals surface area contributed by atoms with Crippen molar-refractivity contribution < 1.29 is 9.72 Å². The third-order valence-corrected chi connectivity index (χ3v) is 4.07. The molecule has 6 nitrogen and oxygen atoms in total. The quantitative estimate of drug-likeness (QED) is 0.668. The molecule has 8 heteroatoms. The molecule has 0 spiro atoms. The molecule has 1 aromatic rings. The number of nitro groups is 1. The van der Waals surface area contributed by atoms with Crippen molar-refractivity contribution >= 4 is 35.3 Å². The Balaban J connectivity index is 0.00000180.